The molecule has 34 heavy (non-hydrogen) atoms. The van der Waals surface area contributed by atoms with E-state index in [2.05, 4.69) is 48.5 Å². The first-order valence-electron chi connectivity index (χ1n) is 14.2. The van der Waals surface area contributed by atoms with Gasteiger partial charge in [-0.25, -0.2) is 0 Å². The number of carbonyl (C=O) groups is 1. The van der Waals surface area contributed by atoms with Gasteiger partial charge in [-0.05, 0) is 109 Å². The molecule has 3 heteroatoms. The summed E-state index contributed by atoms with van der Waals surface area (Å²) in [5.41, 5.74) is 2.91. The summed E-state index contributed by atoms with van der Waals surface area (Å²) in [5, 5.41) is 10.9. The highest BCUT2D eigenvalue weighted by molar-refractivity contribution is 6.01. The van der Waals surface area contributed by atoms with Crippen LogP contribution < -0.4 is 0 Å². The zero-order valence-electron chi connectivity index (χ0n) is 23.2. The Morgan fingerprint density at radius 3 is 2.21 bits per heavy atom. The number of Topliss-reactive ketones (excluding diaryl/α,β-unsaturated/α-hetero) is 1. The molecule has 0 amide bonds. The van der Waals surface area contributed by atoms with Gasteiger partial charge in [0.1, 0.15) is 0 Å². The Morgan fingerprint density at radius 1 is 0.824 bits per heavy atom. The second-order valence-electron chi connectivity index (χ2n) is 15.1. The maximum absolute atomic E-state index is 14.4. The van der Waals surface area contributed by atoms with Crippen molar-refractivity contribution in [3.05, 3.63) is 11.1 Å². The van der Waals surface area contributed by atoms with Gasteiger partial charge in [0.2, 0.25) is 0 Å². The number of ketones is 1. The van der Waals surface area contributed by atoms with Gasteiger partial charge < -0.3 is 9.84 Å². The molecular formula is C31H50O3. The van der Waals surface area contributed by atoms with Gasteiger partial charge in [-0.3, -0.25) is 4.79 Å². The molecule has 0 aliphatic heterocycles. The van der Waals surface area contributed by atoms with Crippen LogP contribution in [0.5, 0.6) is 0 Å². The topological polar surface area (TPSA) is 46.5 Å². The van der Waals surface area contributed by atoms with Gasteiger partial charge >= 0.3 is 0 Å². The van der Waals surface area contributed by atoms with E-state index in [1.807, 2.05) is 7.11 Å². The molecule has 0 spiro atoms. The maximum Gasteiger partial charge on any atom is 0.164 e. The van der Waals surface area contributed by atoms with Crippen LogP contribution >= 0.6 is 0 Å². The number of aliphatic hydroxyl groups is 1. The van der Waals surface area contributed by atoms with Crippen LogP contribution in [0.1, 0.15) is 113 Å². The molecule has 1 N–H and O–H groups in total. The second kappa shape index (κ2) is 7.67. The first-order valence-corrected chi connectivity index (χ1v) is 14.2. The van der Waals surface area contributed by atoms with Crippen LogP contribution in [-0.2, 0) is 9.53 Å². The second-order valence-corrected chi connectivity index (χ2v) is 15.1. The fraction of sp³-hybridized carbons (Fsp3) is 0.903. The molecule has 5 aliphatic carbocycles. The van der Waals surface area contributed by atoms with Gasteiger partial charge in [0.25, 0.3) is 0 Å². The minimum absolute atomic E-state index is 0.172. The lowest BCUT2D eigenvalue weighted by molar-refractivity contribution is -0.179. The minimum Gasteiger partial charge on any atom is -0.393 e. The summed E-state index contributed by atoms with van der Waals surface area (Å²) in [7, 11) is 1.89. The zero-order valence-corrected chi connectivity index (χ0v) is 23.2. The number of fused-ring (bicyclic) bond motifs is 4. The zero-order chi connectivity index (χ0) is 24.9. The molecule has 0 radical (unpaired) electrons. The number of hydrogen-bond acceptors (Lipinski definition) is 3. The van der Waals surface area contributed by atoms with E-state index >= 15 is 0 Å². The van der Waals surface area contributed by atoms with Crippen molar-refractivity contribution in [3.8, 4) is 0 Å². The van der Waals surface area contributed by atoms with Crippen molar-refractivity contribution in [2.45, 2.75) is 125 Å². The van der Waals surface area contributed by atoms with Gasteiger partial charge in [0.15, 0.2) is 5.78 Å². The molecule has 0 unspecified atom stereocenters. The summed E-state index contributed by atoms with van der Waals surface area (Å²) in [4.78, 5) is 14.4. The first-order chi connectivity index (χ1) is 15.7. The molecule has 3 nitrogen and oxygen atoms in total. The van der Waals surface area contributed by atoms with Crippen molar-refractivity contribution >= 4 is 5.78 Å². The summed E-state index contributed by atoms with van der Waals surface area (Å²) in [6, 6.07) is 0. The molecule has 0 aromatic rings. The number of methoxy groups -OCH3 is 1. The fourth-order valence-corrected chi connectivity index (χ4v) is 10.8. The standard InChI is InChI=1S/C31H50O3/c1-27(2)21-10-9-19-18-29(5)14-11-22-28(3,4)25(34-8)13-16-30(22,6)23(29)17-20(19)26(33)31(21,7)15-12-24(27)32/h21-25,32H,9-18H2,1-8H3/t21-,22-,23-,24+,25-,29-,30-,31-/m0/s1. The Morgan fingerprint density at radius 2 is 1.53 bits per heavy atom. The van der Waals surface area contributed by atoms with Crippen molar-refractivity contribution < 1.29 is 14.6 Å². The SMILES string of the molecule is CO[C@H]1CC[C@@]2(C)[C@@H](CC[C@@]3(C)CC4=C(C[C@@H]32)C(=O)[C@@]2(C)CC[C@@H](O)C(C)(C)[C@@H]2CC4)C1(C)C. The van der Waals surface area contributed by atoms with Crippen molar-refractivity contribution in [2.75, 3.05) is 7.11 Å². The number of hydrogen-bond donors (Lipinski definition) is 1. The summed E-state index contributed by atoms with van der Waals surface area (Å²) in [6.07, 6.45) is 10.7. The highest BCUT2D eigenvalue weighted by atomic mass is 16.5. The smallest absolute Gasteiger partial charge is 0.164 e. The van der Waals surface area contributed by atoms with Gasteiger partial charge in [0.05, 0.1) is 12.2 Å². The summed E-state index contributed by atoms with van der Waals surface area (Å²) in [6.45, 7) is 16.7. The third kappa shape index (κ3) is 3.17. The molecule has 8 atom stereocenters. The molecule has 5 rings (SSSR count). The molecular weight excluding hydrogens is 420 g/mol. The van der Waals surface area contributed by atoms with Crippen LogP contribution in [0.25, 0.3) is 0 Å². The van der Waals surface area contributed by atoms with Gasteiger partial charge in [0, 0.05) is 12.5 Å². The van der Waals surface area contributed by atoms with Crippen molar-refractivity contribution in [3.63, 3.8) is 0 Å². The van der Waals surface area contributed by atoms with Crippen molar-refractivity contribution in [2.24, 2.45) is 44.8 Å². The van der Waals surface area contributed by atoms with E-state index in [9.17, 15) is 9.90 Å². The number of ether oxygens (including phenoxy) is 1. The van der Waals surface area contributed by atoms with Crippen LogP contribution in [0, 0.1) is 44.8 Å². The molecule has 3 saturated carbocycles. The predicted molar refractivity (Wildman–Crippen MR) is 137 cm³/mol. The van der Waals surface area contributed by atoms with Gasteiger partial charge in [-0.1, -0.05) is 54.0 Å². The molecule has 192 valence electrons. The van der Waals surface area contributed by atoms with Gasteiger partial charge in [-0.15, -0.1) is 0 Å². The minimum atomic E-state index is -0.324. The Bertz CT molecular complexity index is 898. The average Bonchev–Trinajstić information content (AvgIpc) is 2.85. The third-order valence-electron chi connectivity index (χ3n) is 12.8. The van der Waals surface area contributed by atoms with E-state index in [-0.39, 0.29) is 33.7 Å². The van der Waals surface area contributed by atoms with E-state index in [0.717, 1.165) is 44.9 Å². The summed E-state index contributed by atoms with van der Waals surface area (Å²) in [5.74, 6) is 1.92. The fourth-order valence-electron chi connectivity index (χ4n) is 10.8. The van der Waals surface area contributed by atoms with E-state index < -0.39 is 0 Å². The largest absolute Gasteiger partial charge is 0.393 e. The molecule has 0 aromatic heterocycles. The van der Waals surface area contributed by atoms with Crippen LogP contribution in [-0.4, -0.2) is 30.2 Å². The van der Waals surface area contributed by atoms with E-state index in [4.69, 9.17) is 4.74 Å². The molecule has 0 heterocycles. The number of carbonyl (C=O) groups excluding carboxylic acids is 1. The van der Waals surface area contributed by atoms with Crippen LogP contribution in [0.4, 0.5) is 0 Å². The van der Waals surface area contributed by atoms with E-state index in [1.54, 1.807) is 0 Å². The average molecular weight is 471 g/mol. The number of rotatable bonds is 1. The Balaban J connectivity index is 1.53. The van der Waals surface area contributed by atoms with Crippen molar-refractivity contribution in [1.29, 1.82) is 0 Å². The van der Waals surface area contributed by atoms with Crippen LogP contribution in [0.15, 0.2) is 11.1 Å². The van der Waals surface area contributed by atoms with E-state index in [0.29, 0.717) is 29.1 Å². The first kappa shape index (κ1) is 25.0. The van der Waals surface area contributed by atoms with Crippen LogP contribution in [0.2, 0.25) is 0 Å². The quantitative estimate of drug-likeness (QED) is 0.444. The normalized spacial score (nSPS) is 49.9. The molecule has 0 aromatic carbocycles. The Hall–Kier alpha value is -0.670. The Labute approximate surface area is 208 Å². The highest BCUT2D eigenvalue weighted by Crippen LogP contribution is 2.69. The van der Waals surface area contributed by atoms with Crippen molar-refractivity contribution in [1.82, 2.24) is 0 Å². The lowest BCUT2D eigenvalue weighted by atomic mass is 9.40. The number of allylic oxidation sites excluding steroid dienone is 2. The predicted octanol–water partition coefficient (Wildman–Crippen LogP) is 7.12. The Kier molecular flexibility index (Phi) is 5.64. The van der Waals surface area contributed by atoms with E-state index in [1.165, 1.54) is 30.4 Å². The maximum atomic E-state index is 14.4. The number of aliphatic hydroxyl groups excluding tert-OH is 1. The monoisotopic (exact) mass is 470 g/mol. The molecule has 0 saturated heterocycles. The van der Waals surface area contributed by atoms with Gasteiger partial charge in [-0.2, -0.15) is 0 Å². The molecule has 3 fully saturated rings. The molecule has 0 bridgehead atoms. The van der Waals surface area contributed by atoms with Crippen LogP contribution in [0.3, 0.4) is 0 Å². The highest BCUT2D eigenvalue weighted by Gasteiger charge is 2.63. The summed E-state index contributed by atoms with van der Waals surface area (Å²) < 4.78 is 6.00. The summed E-state index contributed by atoms with van der Waals surface area (Å²) >= 11 is 0. The molecule has 5 aliphatic rings. The third-order valence-corrected chi connectivity index (χ3v) is 12.8. The lowest BCUT2D eigenvalue weighted by Crippen LogP contribution is -2.60. The lowest BCUT2D eigenvalue weighted by Gasteiger charge is -2.65.